The van der Waals surface area contributed by atoms with E-state index in [2.05, 4.69) is 17.4 Å². The second-order valence-electron chi connectivity index (χ2n) is 5.30. The normalized spacial score (nSPS) is 13.2. The highest BCUT2D eigenvalue weighted by Crippen LogP contribution is 2.30. The minimum absolute atomic E-state index is 0.801. The summed E-state index contributed by atoms with van der Waals surface area (Å²) in [5.74, 6) is 1.70. The van der Waals surface area contributed by atoms with E-state index in [1.165, 1.54) is 24.1 Å². The molecular weight excluding hydrogens is 282 g/mol. The van der Waals surface area contributed by atoms with Crippen LogP contribution < -0.4 is 14.8 Å². The Labute approximate surface area is 129 Å². The number of methoxy groups -OCH3 is 2. The maximum absolute atomic E-state index is 5.42. The summed E-state index contributed by atoms with van der Waals surface area (Å²) in [5, 5.41) is 3.51. The number of nitrogens with one attached hydrogen (secondary N) is 1. The van der Waals surface area contributed by atoms with E-state index in [0.29, 0.717) is 0 Å². The van der Waals surface area contributed by atoms with Gasteiger partial charge in [0.15, 0.2) is 0 Å². The van der Waals surface area contributed by atoms with Gasteiger partial charge in [-0.3, -0.25) is 0 Å². The first-order chi connectivity index (χ1) is 10.3. The molecule has 21 heavy (non-hydrogen) atoms. The third-order valence-corrected chi connectivity index (χ3v) is 5.14. The molecule has 1 aromatic carbocycles. The largest absolute Gasteiger partial charge is 0.497 e. The number of aryl methyl sites for hydroxylation is 2. The first-order valence-electron chi connectivity index (χ1n) is 7.32. The third-order valence-electron chi connectivity index (χ3n) is 3.91. The molecule has 4 heteroatoms. The summed E-state index contributed by atoms with van der Waals surface area (Å²) in [5.41, 5.74) is 2.72. The Morgan fingerprint density at radius 3 is 2.76 bits per heavy atom. The molecule has 0 fully saturated rings. The standard InChI is InChI=1S/C17H21NO2S/c1-19-14-7-6-13(16(9-14)20-2)10-18-11-15-8-12-4-3-5-17(12)21-15/h6-9,18H,3-5,10-11H2,1-2H3. The smallest absolute Gasteiger partial charge is 0.127 e. The van der Waals surface area contributed by atoms with Crippen molar-refractivity contribution < 1.29 is 9.47 Å². The van der Waals surface area contributed by atoms with Crippen LogP contribution >= 0.6 is 11.3 Å². The molecule has 1 aromatic heterocycles. The van der Waals surface area contributed by atoms with E-state index in [1.54, 1.807) is 24.7 Å². The monoisotopic (exact) mass is 303 g/mol. The molecule has 0 saturated heterocycles. The Kier molecular flexibility index (Phi) is 4.46. The summed E-state index contributed by atoms with van der Waals surface area (Å²) in [6.45, 7) is 1.72. The van der Waals surface area contributed by atoms with Gasteiger partial charge in [0.2, 0.25) is 0 Å². The SMILES string of the molecule is COc1ccc(CNCc2cc3c(s2)CCC3)c(OC)c1. The maximum Gasteiger partial charge on any atom is 0.127 e. The van der Waals surface area contributed by atoms with Crippen LogP contribution in [0.4, 0.5) is 0 Å². The van der Waals surface area contributed by atoms with E-state index in [9.17, 15) is 0 Å². The van der Waals surface area contributed by atoms with E-state index < -0.39 is 0 Å². The lowest BCUT2D eigenvalue weighted by atomic mass is 10.2. The van der Waals surface area contributed by atoms with Gasteiger partial charge in [-0.25, -0.2) is 0 Å². The molecule has 3 rings (SSSR count). The number of hydrogen-bond donors (Lipinski definition) is 1. The van der Waals surface area contributed by atoms with Gasteiger partial charge in [-0.15, -0.1) is 11.3 Å². The first-order valence-corrected chi connectivity index (χ1v) is 8.14. The predicted octanol–water partition coefficient (Wildman–Crippen LogP) is 3.54. The molecule has 0 amide bonds. The molecule has 0 spiro atoms. The van der Waals surface area contributed by atoms with Gasteiger partial charge < -0.3 is 14.8 Å². The Morgan fingerprint density at radius 2 is 2.00 bits per heavy atom. The lowest BCUT2D eigenvalue weighted by molar-refractivity contribution is 0.390. The van der Waals surface area contributed by atoms with Crippen LogP contribution in [0.1, 0.15) is 27.3 Å². The molecule has 1 aliphatic carbocycles. The van der Waals surface area contributed by atoms with Gasteiger partial charge in [0.05, 0.1) is 14.2 Å². The molecule has 2 aromatic rings. The van der Waals surface area contributed by atoms with Gasteiger partial charge in [-0.05, 0) is 37.0 Å². The van der Waals surface area contributed by atoms with Gasteiger partial charge in [-0.2, -0.15) is 0 Å². The van der Waals surface area contributed by atoms with E-state index in [-0.39, 0.29) is 0 Å². The Hall–Kier alpha value is -1.52. The van der Waals surface area contributed by atoms with E-state index in [4.69, 9.17) is 9.47 Å². The van der Waals surface area contributed by atoms with E-state index in [1.807, 2.05) is 23.5 Å². The van der Waals surface area contributed by atoms with Crippen LogP contribution in [-0.2, 0) is 25.9 Å². The molecule has 0 saturated carbocycles. The van der Waals surface area contributed by atoms with Crippen molar-refractivity contribution in [3.63, 3.8) is 0 Å². The lowest BCUT2D eigenvalue weighted by Gasteiger charge is -2.11. The molecule has 0 aliphatic heterocycles. The highest BCUT2D eigenvalue weighted by Gasteiger charge is 2.14. The van der Waals surface area contributed by atoms with Crippen molar-refractivity contribution in [2.24, 2.45) is 0 Å². The van der Waals surface area contributed by atoms with E-state index in [0.717, 1.165) is 30.2 Å². The number of fused-ring (bicyclic) bond motifs is 1. The van der Waals surface area contributed by atoms with Crippen LogP contribution in [0, 0.1) is 0 Å². The molecule has 0 atom stereocenters. The molecule has 1 aliphatic rings. The van der Waals surface area contributed by atoms with E-state index >= 15 is 0 Å². The quantitative estimate of drug-likeness (QED) is 0.885. The third kappa shape index (κ3) is 3.22. The molecule has 1 N–H and O–H groups in total. The molecule has 1 heterocycles. The van der Waals surface area contributed by atoms with Crippen LogP contribution in [0.5, 0.6) is 11.5 Å². The summed E-state index contributed by atoms with van der Waals surface area (Å²) in [6.07, 6.45) is 3.86. The van der Waals surface area contributed by atoms with Crippen molar-refractivity contribution in [3.05, 3.63) is 45.1 Å². The fraction of sp³-hybridized carbons (Fsp3) is 0.412. The Bertz CT molecular complexity index is 600. The van der Waals surface area contributed by atoms with Gasteiger partial charge in [0, 0.05) is 34.5 Å². The fourth-order valence-corrected chi connectivity index (χ4v) is 4.03. The van der Waals surface area contributed by atoms with Crippen molar-refractivity contribution in [1.29, 1.82) is 0 Å². The van der Waals surface area contributed by atoms with Gasteiger partial charge in [-0.1, -0.05) is 6.07 Å². The second-order valence-corrected chi connectivity index (χ2v) is 6.52. The number of ether oxygens (including phenoxy) is 2. The first kappa shape index (κ1) is 14.4. The van der Waals surface area contributed by atoms with Crippen molar-refractivity contribution in [2.45, 2.75) is 32.4 Å². The Morgan fingerprint density at radius 1 is 1.10 bits per heavy atom. The van der Waals surface area contributed by atoms with Crippen LogP contribution in [0.2, 0.25) is 0 Å². The molecule has 0 unspecified atom stereocenters. The van der Waals surface area contributed by atoms with Crippen molar-refractivity contribution in [1.82, 2.24) is 5.32 Å². The highest BCUT2D eigenvalue weighted by molar-refractivity contribution is 7.12. The molecule has 3 nitrogen and oxygen atoms in total. The zero-order chi connectivity index (χ0) is 14.7. The minimum atomic E-state index is 0.801. The number of hydrogen-bond acceptors (Lipinski definition) is 4. The average Bonchev–Trinajstić information content (AvgIpc) is 3.08. The lowest BCUT2D eigenvalue weighted by Crippen LogP contribution is -2.12. The number of thiophene rings is 1. The summed E-state index contributed by atoms with van der Waals surface area (Å²) in [7, 11) is 3.37. The summed E-state index contributed by atoms with van der Waals surface area (Å²) < 4.78 is 10.6. The molecule has 0 bridgehead atoms. The van der Waals surface area contributed by atoms with Crippen LogP contribution in [-0.4, -0.2) is 14.2 Å². The zero-order valence-electron chi connectivity index (χ0n) is 12.6. The van der Waals surface area contributed by atoms with Gasteiger partial charge in [0.25, 0.3) is 0 Å². The predicted molar refractivity (Wildman–Crippen MR) is 86.4 cm³/mol. The maximum atomic E-state index is 5.42. The summed E-state index contributed by atoms with van der Waals surface area (Å²) in [6, 6.07) is 8.32. The molecule has 0 radical (unpaired) electrons. The second kappa shape index (κ2) is 6.50. The van der Waals surface area contributed by atoms with Crippen LogP contribution in [0.25, 0.3) is 0 Å². The highest BCUT2D eigenvalue weighted by atomic mass is 32.1. The van der Waals surface area contributed by atoms with Crippen LogP contribution in [0.15, 0.2) is 24.3 Å². The Balaban J connectivity index is 1.59. The van der Waals surface area contributed by atoms with Gasteiger partial charge in [0.1, 0.15) is 11.5 Å². The summed E-state index contributed by atoms with van der Waals surface area (Å²) >= 11 is 1.96. The average molecular weight is 303 g/mol. The zero-order valence-corrected chi connectivity index (χ0v) is 13.4. The summed E-state index contributed by atoms with van der Waals surface area (Å²) in [4.78, 5) is 3.03. The number of rotatable bonds is 6. The minimum Gasteiger partial charge on any atom is -0.497 e. The van der Waals surface area contributed by atoms with Crippen LogP contribution in [0.3, 0.4) is 0 Å². The van der Waals surface area contributed by atoms with Gasteiger partial charge >= 0.3 is 0 Å². The molecule has 112 valence electrons. The molecular formula is C17H21NO2S. The fourth-order valence-electron chi connectivity index (χ4n) is 2.80. The number of benzene rings is 1. The van der Waals surface area contributed by atoms with Crippen molar-refractivity contribution in [3.8, 4) is 11.5 Å². The van der Waals surface area contributed by atoms with Crippen molar-refractivity contribution >= 4 is 11.3 Å². The van der Waals surface area contributed by atoms with Crippen molar-refractivity contribution in [2.75, 3.05) is 14.2 Å². The topological polar surface area (TPSA) is 30.5 Å².